The molecule has 0 bridgehead atoms. The second-order valence-corrected chi connectivity index (χ2v) is 5.88. The van der Waals surface area contributed by atoms with Gasteiger partial charge in [-0.1, -0.05) is 17.7 Å². The van der Waals surface area contributed by atoms with Crippen molar-refractivity contribution in [1.82, 2.24) is 5.43 Å². The molecular weight excluding hydrogens is 306 g/mol. The number of amides is 1. The summed E-state index contributed by atoms with van der Waals surface area (Å²) in [6.45, 7) is 4.05. The van der Waals surface area contributed by atoms with Crippen LogP contribution in [0.2, 0.25) is 5.02 Å². The molecule has 0 spiro atoms. The van der Waals surface area contributed by atoms with Crippen molar-refractivity contribution in [3.8, 4) is 0 Å². The molecule has 1 amide bonds. The maximum absolute atomic E-state index is 11.7. The minimum Gasteiger partial charge on any atom is -0.376 e. The zero-order chi connectivity index (χ0) is 15.2. The molecule has 1 aromatic heterocycles. The van der Waals surface area contributed by atoms with E-state index >= 15 is 0 Å². The average molecular weight is 322 g/mol. The van der Waals surface area contributed by atoms with Crippen LogP contribution in [0.4, 0.5) is 5.69 Å². The average Bonchev–Trinajstić information content (AvgIpc) is 2.86. The summed E-state index contributed by atoms with van der Waals surface area (Å²) in [5.41, 5.74) is 5.40. The summed E-state index contributed by atoms with van der Waals surface area (Å²) in [7, 11) is 0. The highest BCUT2D eigenvalue weighted by Crippen LogP contribution is 2.22. The van der Waals surface area contributed by atoms with Crippen molar-refractivity contribution in [2.45, 2.75) is 13.8 Å². The van der Waals surface area contributed by atoms with E-state index in [-0.39, 0.29) is 12.5 Å². The minimum atomic E-state index is -0.208. The summed E-state index contributed by atoms with van der Waals surface area (Å²) in [5, 5.41) is 9.65. The zero-order valence-electron chi connectivity index (χ0n) is 11.8. The molecule has 6 heteroatoms. The molecule has 110 valence electrons. The van der Waals surface area contributed by atoms with E-state index in [2.05, 4.69) is 15.8 Å². The molecule has 0 aliphatic heterocycles. The molecule has 21 heavy (non-hydrogen) atoms. The van der Waals surface area contributed by atoms with Crippen molar-refractivity contribution >= 4 is 40.7 Å². The molecule has 0 aliphatic rings. The first-order valence-corrected chi connectivity index (χ1v) is 7.68. The molecule has 0 fully saturated rings. The van der Waals surface area contributed by atoms with E-state index in [1.165, 1.54) is 0 Å². The SMILES string of the molecule is Cc1ccsc1/C=N/NC(=O)CNc1cccc(Cl)c1C. The van der Waals surface area contributed by atoms with Gasteiger partial charge in [0.25, 0.3) is 5.91 Å². The van der Waals surface area contributed by atoms with Crippen LogP contribution in [0, 0.1) is 13.8 Å². The Morgan fingerprint density at radius 1 is 1.38 bits per heavy atom. The Labute approximate surface area is 132 Å². The van der Waals surface area contributed by atoms with E-state index < -0.39 is 0 Å². The highest BCUT2D eigenvalue weighted by atomic mass is 35.5. The molecule has 2 N–H and O–H groups in total. The Bertz CT molecular complexity index is 667. The molecule has 0 aliphatic carbocycles. The smallest absolute Gasteiger partial charge is 0.259 e. The Balaban J connectivity index is 1.84. The predicted molar refractivity (Wildman–Crippen MR) is 89.5 cm³/mol. The number of rotatable bonds is 5. The molecule has 0 radical (unpaired) electrons. The van der Waals surface area contributed by atoms with Crippen LogP contribution in [0.5, 0.6) is 0 Å². The van der Waals surface area contributed by atoms with E-state index in [0.717, 1.165) is 21.7 Å². The van der Waals surface area contributed by atoms with Gasteiger partial charge in [-0.3, -0.25) is 4.79 Å². The summed E-state index contributed by atoms with van der Waals surface area (Å²) in [6, 6.07) is 7.55. The van der Waals surface area contributed by atoms with Gasteiger partial charge in [0.1, 0.15) is 0 Å². The Hall–Kier alpha value is -1.85. The fourth-order valence-electron chi connectivity index (χ4n) is 1.69. The first-order chi connectivity index (χ1) is 10.1. The van der Waals surface area contributed by atoms with Crippen LogP contribution < -0.4 is 10.7 Å². The number of hydrazone groups is 1. The van der Waals surface area contributed by atoms with Gasteiger partial charge in [0, 0.05) is 15.6 Å². The van der Waals surface area contributed by atoms with Crippen molar-refractivity contribution in [2.24, 2.45) is 5.10 Å². The third-order valence-electron chi connectivity index (χ3n) is 2.98. The van der Waals surface area contributed by atoms with E-state index in [1.807, 2.05) is 43.5 Å². The van der Waals surface area contributed by atoms with Gasteiger partial charge in [-0.2, -0.15) is 5.10 Å². The highest BCUT2D eigenvalue weighted by molar-refractivity contribution is 7.11. The van der Waals surface area contributed by atoms with E-state index in [0.29, 0.717) is 5.02 Å². The van der Waals surface area contributed by atoms with Crippen molar-refractivity contribution in [3.05, 3.63) is 50.7 Å². The fourth-order valence-corrected chi connectivity index (χ4v) is 2.65. The van der Waals surface area contributed by atoms with Gasteiger partial charge in [0.15, 0.2) is 0 Å². The van der Waals surface area contributed by atoms with Crippen LogP contribution >= 0.6 is 22.9 Å². The molecule has 0 saturated carbocycles. The lowest BCUT2D eigenvalue weighted by atomic mass is 10.2. The number of nitrogens with zero attached hydrogens (tertiary/aromatic N) is 1. The maximum atomic E-state index is 11.7. The van der Waals surface area contributed by atoms with Crippen molar-refractivity contribution in [2.75, 3.05) is 11.9 Å². The Kier molecular flexibility index (Phi) is 5.36. The van der Waals surface area contributed by atoms with E-state index in [4.69, 9.17) is 11.6 Å². The van der Waals surface area contributed by atoms with Gasteiger partial charge in [-0.15, -0.1) is 11.3 Å². The molecule has 1 aromatic carbocycles. The number of halogens is 1. The third-order valence-corrected chi connectivity index (χ3v) is 4.34. The fraction of sp³-hybridized carbons (Fsp3) is 0.200. The van der Waals surface area contributed by atoms with Gasteiger partial charge in [0.2, 0.25) is 0 Å². The summed E-state index contributed by atoms with van der Waals surface area (Å²) in [6.07, 6.45) is 1.66. The standard InChI is InChI=1S/C15H16ClN3OS/c1-10-6-7-21-14(10)8-18-19-15(20)9-17-13-5-3-4-12(16)11(13)2/h3-8,17H,9H2,1-2H3,(H,19,20)/b18-8+. The summed E-state index contributed by atoms with van der Waals surface area (Å²) < 4.78 is 0. The first-order valence-electron chi connectivity index (χ1n) is 6.43. The van der Waals surface area contributed by atoms with Crippen LogP contribution in [0.1, 0.15) is 16.0 Å². The molecule has 4 nitrogen and oxygen atoms in total. The molecule has 0 saturated heterocycles. The van der Waals surface area contributed by atoms with Crippen molar-refractivity contribution in [1.29, 1.82) is 0 Å². The van der Waals surface area contributed by atoms with Crippen LogP contribution in [0.25, 0.3) is 0 Å². The van der Waals surface area contributed by atoms with E-state index in [1.54, 1.807) is 17.6 Å². The monoisotopic (exact) mass is 321 g/mol. The minimum absolute atomic E-state index is 0.141. The lowest BCUT2D eigenvalue weighted by Crippen LogP contribution is -2.26. The van der Waals surface area contributed by atoms with Gasteiger partial charge in [-0.25, -0.2) is 5.43 Å². The van der Waals surface area contributed by atoms with Gasteiger partial charge < -0.3 is 5.32 Å². The van der Waals surface area contributed by atoms with Gasteiger partial charge in [-0.05, 0) is 48.6 Å². The molecule has 2 aromatic rings. The lowest BCUT2D eigenvalue weighted by molar-refractivity contribution is -0.119. The quantitative estimate of drug-likeness (QED) is 0.653. The molecule has 2 rings (SSSR count). The molecular formula is C15H16ClN3OS. The number of thiophene rings is 1. The lowest BCUT2D eigenvalue weighted by Gasteiger charge is -2.09. The summed E-state index contributed by atoms with van der Waals surface area (Å²) in [5.74, 6) is -0.208. The number of hydrogen-bond donors (Lipinski definition) is 2. The maximum Gasteiger partial charge on any atom is 0.259 e. The second-order valence-electron chi connectivity index (χ2n) is 4.53. The topological polar surface area (TPSA) is 53.5 Å². The van der Waals surface area contributed by atoms with E-state index in [9.17, 15) is 4.79 Å². The predicted octanol–water partition coefficient (Wildman–Crippen LogP) is 3.58. The summed E-state index contributed by atoms with van der Waals surface area (Å²) in [4.78, 5) is 12.7. The van der Waals surface area contributed by atoms with Crippen molar-refractivity contribution in [3.63, 3.8) is 0 Å². The molecule has 0 unspecified atom stereocenters. The van der Waals surface area contributed by atoms with Gasteiger partial charge in [0.05, 0.1) is 12.8 Å². The van der Waals surface area contributed by atoms with Crippen LogP contribution in [-0.4, -0.2) is 18.7 Å². The Morgan fingerprint density at radius 2 is 2.19 bits per heavy atom. The summed E-state index contributed by atoms with van der Waals surface area (Å²) >= 11 is 7.61. The third kappa shape index (κ3) is 4.31. The van der Waals surface area contributed by atoms with Crippen LogP contribution in [0.3, 0.4) is 0 Å². The van der Waals surface area contributed by atoms with Crippen LogP contribution in [0.15, 0.2) is 34.7 Å². The largest absolute Gasteiger partial charge is 0.376 e. The molecule has 1 heterocycles. The number of hydrogen-bond acceptors (Lipinski definition) is 4. The number of nitrogens with one attached hydrogen (secondary N) is 2. The van der Waals surface area contributed by atoms with Crippen molar-refractivity contribution < 1.29 is 4.79 Å². The number of aryl methyl sites for hydroxylation is 1. The number of carbonyl (C=O) groups is 1. The van der Waals surface area contributed by atoms with Gasteiger partial charge >= 0.3 is 0 Å². The second kappa shape index (κ2) is 7.24. The highest BCUT2D eigenvalue weighted by Gasteiger charge is 2.04. The Morgan fingerprint density at radius 3 is 2.90 bits per heavy atom. The normalized spacial score (nSPS) is 10.8. The number of anilines is 1. The van der Waals surface area contributed by atoms with Crippen LogP contribution in [-0.2, 0) is 4.79 Å². The zero-order valence-corrected chi connectivity index (χ0v) is 13.4. The number of carbonyl (C=O) groups excluding carboxylic acids is 1. The number of benzene rings is 1. The first kappa shape index (κ1) is 15.5. The molecule has 0 atom stereocenters.